The molecule has 0 radical (unpaired) electrons. The summed E-state index contributed by atoms with van der Waals surface area (Å²) >= 11 is 0. The lowest BCUT2D eigenvalue weighted by molar-refractivity contribution is 0.430. The van der Waals surface area contributed by atoms with E-state index < -0.39 is 5.82 Å². The average molecular weight is 207 g/mol. The molecule has 0 aliphatic rings. The number of nitrogens with two attached hydrogens (primary N) is 1. The van der Waals surface area contributed by atoms with Crippen LogP contribution in [-0.4, -0.2) is 15.3 Å². The van der Waals surface area contributed by atoms with Gasteiger partial charge < -0.3 is 10.8 Å². The summed E-state index contributed by atoms with van der Waals surface area (Å²) in [4.78, 5) is 0. The Kier molecular flexibility index (Phi) is 2.07. The van der Waals surface area contributed by atoms with Gasteiger partial charge >= 0.3 is 0 Å². The van der Waals surface area contributed by atoms with Crippen molar-refractivity contribution in [2.75, 3.05) is 5.73 Å². The third-order valence-electron chi connectivity index (χ3n) is 2.22. The fraction of sp³-hybridized carbons (Fsp3) is 0.100. The molecule has 0 aliphatic heterocycles. The van der Waals surface area contributed by atoms with Crippen molar-refractivity contribution < 1.29 is 9.50 Å². The van der Waals surface area contributed by atoms with Gasteiger partial charge in [0.05, 0.1) is 6.20 Å². The quantitative estimate of drug-likeness (QED) is 0.667. The Morgan fingerprint density at radius 3 is 2.73 bits per heavy atom. The zero-order chi connectivity index (χ0) is 11.0. The standard InChI is InChI=1S/C10H10FN3O/c1-5-2-6(3-8(15)9(5)11)7-4-13-14-10(7)12/h2-4,15H,1H3,(H3,12,13,14). The minimum atomic E-state index is -0.610. The van der Waals surface area contributed by atoms with Crippen LogP contribution >= 0.6 is 0 Å². The van der Waals surface area contributed by atoms with Gasteiger partial charge in [-0.3, -0.25) is 5.10 Å². The van der Waals surface area contributed by atoms with E-state index in [9.17, 15) is 9.50 Å². The van der Waals surface area contributed by atoms with Crippen LogP contribution < -0.4 is 5.73 Å². The highest BCUT2D eigenvalue weighted by molar-refractivity contribution is 5.74. The highest BCUT2D eigenvalue weighted by Crippen LogP contribution is 2.30. The molecule has 0 saturated heterocycles. The third kappa shape index (κ3) is 1.52. The molecule has 0 unspecified atom stereocenters. The van der Waals surface area contributed by atoms with E-state index in [-0.39, 0.29) is 5.75 Å². The normalized spacial score (nSPS) is 10.5. The largest absolute Gasteiger partial charge is 0.505 e. The number of H-pyrrole nitrogens is 1. The Balaban J connectivity index is 2.60. The number of nitrogen functional groups attached to an aromatic ring is 1. The van der Waals surface area contributed by atoms with E-state index in [1.165, 1.54) is 12.3 Å². The summed E-state index contributed by atoms with van der Waals surface area (Å²) in [6.45, 7) is 1.58. The topological polar surface area (TPSA) is 74.9 Å². The first-order valence-electron chi connectivity index (χ1n) is 4.38. The molecule has 0 amide bonds. The lowest BCUT2D eigenvalue weighted by atomic mass is 10.1. The van der Waals surface area contributed by atoms with Crippen LogP contribution in [0, 0.1) is 12.7 Å². The molecule has 0 aliphatic carbocycles. The molecule has 0 atom stereocenters. The number of nitrogens with one attached hydrogen (secondary N) is 1. The number of nitrogens with zero attached hydrogens (tertiary/aromatic N) is 1. The maximum absolute atomic E-state index is 13.1. The molecule has 0 bridgehead atoms. The number of benzene rings is 1. The lowest BCUT2D eigenvalue weighted by Gasteiger charge is -2.04. The van der Waals surface area contributed by atoms with E-state index in [0.717, 1.165) is 0 Å². The summed E-state index contributed by atoms with van der Waals surface area (Å²) in [5.74, 6) is -0.605. The van der Waals surface area contributed by atoms with E-state index in [0.29, 0.717) is 22.5 Å². The van der Waals surface area contributed by atoms with Gasteiger partial charge in [-0.2, -0.15) is 5.10 Å². The number of aryl methyl sites for hydroxylation is 1. The second kappa shape index (κ2) is 3.27. The van der Waals surface area contributed by atoms with Gasteiger partial charge in [0.25, 0.3) is 0 Å². The fourth-order valence-electron chi connectivity index (χ4n) is 1.43. The van der Waals surface area contributed by atoms with Crippen molar-refractivity contribution in [2.45, 2.75) is 6.92 Å². The molecule has 0 spiro atoms. The van der Waals surface area contributed by atoms with Crippen LogP contribution in [0.1, 0.15) is 5.56 Å². The number of aromatic amines is 1. The molecule has 1 heterocycles. The third-order valence-corrected chi connectivity index (χ3v) is 2.22. The maximum atomic E-state index is 13.1. The first kappa shape index (κ1) is 9.51. The number of anilines is 1. The zero-order valence-corrected chi connectivity index (χ0v) is 8.08. The fourth-order valence-corrected chi connectivity index (χ4v) is 1.43. The van der Waals surface area contributed by atoms with Crippen molar-refractivity contribution >= 4 is 5.82 Å². The van der Waals surface area contributed by atoms with Crippen LogP contribution in [0.15, 0.2) is 18.3 Å². The summed E-state index contributed by atoms with van der Waals surface area (Å²) in [7, 11) is 0. The van der Waals surface area contributed by atoms with Gasteiger partial charge in [-0.25, -0.2) is 4.39 Å². The van der Waals surface area contributed by atoms with Crippen LogP contribution in [0.4, 0.5) is 10.2 Å². The molecule has 4 N–H and O–H groups in total. The molecule has 1 aromatic heterocycles. The minimum absolute atomic E-state index is 0.366. The zero-order valence-electron chi connectivity index (χ0n) is 8.08. The molecular formula is C10H10FN3O. The molecule has 1 aromatic carbocycles. The molecule has 2 aromatic rings. The number of hydrogen-bond donors (Lipinski definition) is 3. The molecule has 0 saturated carbocycles. The highest BCUT2D eigenvalue weighted by Gasteiger charge is 2.10. The molecular weight excluding hydrogens is 197 g/mol. The molecule has 15 heavy (non-hydrogen) atoms. The number of rotatable bonds is 1. The predicted octanol–water partition coefficient (Wildman–Crippen LogP) is 1.81. The first-order valence-corrected chi connectivity index (χ1v) is 4.38. The summed E-state index contributed by atoms with van der Waals surface area (Å²) in [5.41, 5.74) is 7.27. The highest BCUT2D eigenvalue weighted by atomic mass is 19.1. The van der Waals surface area contributed by atoms with Crippen LogP contribution in [0.2, 0.25) is 0 Å². The van der Waals surface area contributed by atoms with E-state index in [2.05, 4.69) is 10.2 Å². The van der Waals surface area contributed by atoms with Crippen LogP contribution in [0.3, 0.4) is 0 Å². The number of phenolic OH excluding ortho intramolecular Hbond substituents is 1. The van der Waals surface area contributed by atoms with Gasteiger partial charge in [-0.05, 0) is 30.2 Å². The molecule has 5 heteroatoms. The van der Waals surface area contributed by atoms with Gasteiger partial charge in [0.1, 0.15) is 5.82 Å². The number of aromatic hydroxyl groups is 1. The summed E-state index contributed by atoms with van der Waals surface area (Å²) in [6, 6.07) is 2.93. The maximum Gasteiger partial charge on any atom is 0.167 e. The van der Waals surface area contributed by atoms with Crippen molar-refractivity contribution in [3.05, 3.63) is 29.7 Å². The van der Waals surface area contributed by atoms with E-state index in [1.807, 2.05) is 0 Å². The Morgan fingerprint density at radius 1 is 1.47 bits per heavy atom. The van der Waals surface area contributed by atoms with Gasteiger partial charge in [0.2, 0.25) is 0 Å². The van der Waals surface area contributed by atoms with Crippen molar-refractivity contribution in [1.82, 2.24) is 10.2 Å². The van der Waals surface area contributed by atoms with Crippen molar-refractivity contribution in [1.29, 1.82) is 0 Å². The predicted molar refractivity (Wildman–Crippen MR) is 54.8 cm³/mol. The Hall–Kier alpha value is -2.04. The van der Waals surface area contributed by atoms with Crippen LogP contribution in [0.25, 0.3) is 11.1 Å². The summed E-state index contributed by atoms with van der Waals surface area (Å²) in [5, 5.41) is 15.7. The first-order chi connectivity index (χ1) is 7.09. The van der Waals surface area contributed by atoms with Crippen molar-refractivity contribution in [3.63, 3.8) is 0 Å². The second-order valence-corrected chi connectivity index (χ2v) is 3.32. The average Bonchev–Trinajstić information content (AvgIpc) is 2.60. The van der Waals surface area contributed by atoms with Crippen molar-refractivity contribution in [2.24, 2.45) is 0 Å². The van der Waals surface area contributed by atoms with E-state index in [4.69, 9.17) is 5.73 Å². The number of halogens is 1. The Morgan fingerprint density at radius 2 is 2.20 bits per heavy atom. The smallest absolute Gasteiger partial charge is 0.167 e. The van der Waals surface area contributed by atoms with Crippen LogP contribution in [0.5, 0.6) is 5.75 Å². The summed E-state index contributed by atoms with van der Waals surface area (Å²) < 4.78 is 13.1. The molecule has 78 valence electrons. The van der Waals surface area contributed by atoms with Gasteiger partial charge in [0, 0.05) is 5.56 Å². The van der Waals surface area contributed by atoms with Gasteiger partial charge in [0.15, 0.2) is 11.6 Å². The number of phenols is 1. The molecule has 2 rings (SSSR count). The van der Waals surface area contributed by atoms with Crippen LogP contribution in [-0.2, 0) is 0 Å². The van der Waals surface area contributed by atoms with Gasteiger partial charge in [-0.15, -0.1) is 0 Å². The Labute approximate surface area is 85.6 Å². The number of aromatic nitrogens is 2. The Bertz CT molecular complexity index is 484. The SMILES string of the molecule is Cc1cc(-c2cn[nH]c2N)cc(O)c1F. The summed E-state index contributed by atoms with van der Waals surface area (Å²) in [6.07, 6.45) is 1.53. The van der Waals surface area contributed by atoms with E-state index in [1.54, 1.807) is 13.0 Å². The molecule has 0 fully saturated rings. The molecule has 4 nitrogen and oxygen atoms in total. The minimum Gasteiger partial charge on any atom is -0.505 e. The number of hydrogen-bond acceptors (Lipinski definition) is 3. The van der Waals surface area contributed by atoms with E-state index >= 15 is 0 Å². The van der Waals surface area contributed by atoms with Gasteiger partial charge in [-0.1, -0.05) is 0 Å². The second-order valence-electron chi connectivity index (χ2n) is 3.32. The lowest BCUT2D eigenvalue weighted by Crippen LogP contribution is -1.90. The van der Waals surface area contributed by atoms with Crippen molar-refractivity contribution in [3.8, 4) is 16.9 Å². The monoisotopic (exact) mass is 207 g/mol.